The number of amides is 4. The SMILES string of the molecule is CC(=N[C@@H](C)c1ccccc1)[C@@H]1C(=O)NC(=O)N(c2ccccc2C)C1=O. The first kappa shape index (κ1) is 18.5. The van der Waals surface area contributed by atoms with Gasteiger partial charge in [-0.05, 0) is 38.0 Å². The molecular formula is C21H21N3O3. The number of hydrogen-bond donors (Lipinski definition) is 1. The molecule has 0 spiro atoms. The van der Waals surface area contributed by atoms with Crippen LogP contribution in [0.15, 0.2) is 59.6 Å². The van der Waals surface area contributed by atoms with Gasteiger partial charge < -0.3 is 0 Å². The minimum Gasteiger partial charge on any atom is -0.285 e. The molecule has 27 heavy (non-hydrogen) atoms. The van der Waals surface area contributed by atoms with Gasteiger partial charge in [-0.15, -0.1) is 0 Å². The van der Waals surface area contributed by atoms with Gasteiger partial charge >= 0.3 is 6.03 Å². The lowest BCUT2D eigenvalue weighted by molar-refractivity contribution is -0.131. The van der Waals surface area contributed by atoms with Crippen LogP contribution in [0.25, 0.3) is 0 Å². The van der Waals surface area contributed by atoms with Gasteiger partial charge in [-0.1, -0.05) is 48.5 Å². The lowest BCUT2D eigenvalue weighted by Gasteiger charge is -2.31. The topological polar surface area (TPSA) is 78.8 Å². The highest BCUT2D eigenvalue weighted by molar-refractivity contribution is 6.35. The summed E-state index contributed by atoms with van der Waals surface area (Å²) >= 11 is 0. The van der Waals surface area contributed by atoms with Crippen molar-refractivity contribution in [3.05, 3.63) is 65.7 Å². The normalized spacial score (nSPS) is 19.1. The van der Waals surface area contributed by atoms with Crippen LogP contribution >= 0.6 is 0 Å². The molecule has 0 bridgehead atoms. The van der Waals surface area contributed by atoms with E-state index in [2.05, 4.69) is 10.3 Å². The second-order valence-corrected chi connectivity index (χ2v) is 6.54. The number of nitrogens with one attached hydrogen (secondary N) is 1. The monoisotopic (exact) mass is 363 g/mol. The van der Waals surface area contributed by atoms with Gasteiger partial charge in [0.25, 0.3) is 5.91 Å². The number of nitrogens with zero attached hydrogens (tertiary/aromatic N) is 2. The summed E-state index contributed by atoms with van der Waals surface area (Å²) in [5.74, 6) is -2.36. The molecule has 138 valence electrons. The van der Waals surface area contributed by atoms with E-state index in [9.17, 15) is 14.4 Å². The maximum atomic E-state index is 13.0. The maximum Gasteiger partial charge on any atom is 0.335 e. The predicted molar refractivity (Wildman–Crippen MR) is 104 cm³/mol. The molecule has 1 aliphatic heterocycles. The second kappa shape index (κ2) is 7.53. The van der Waals surface area contributed by atoms with Crippen LogP contribution in [-0.2, 0) is 9.59 Å². The summed E-state index contributed by atoms with van der Waals surface area (Å²) in [6, 6.07) is 15.7. The van der Waals surface area contributed by atoms with E-state index in [0.29, 0.717) is 11.4 Å². The van der Waals surface area contributed by atoms with Crippen LogP contribution in [0.1, 0.15) is 31.0 Å². The summed E-state index contributed by atoms with van der Waals surface area (Å²) in [6.07, 6.45) is 0. The van der Waals surface area contributed by atoms with Crippen molar-refractivity contribution in [2.75, 3.05) is 4.90 Å². The zero-order valence-corrected chi connectivity index (χ0v) is 15.5. The fraction of sp³-hybridized carbons (Fsp3) is 0.238. The highest BCUT2D eigenvalue weighted by Gasteiger charge is 2.43. The molecule has 1 fully saturated rings. The summed E-state index contributed by atoms with van der Waals surface area (Å²) < 4.78 is 0. The number of carbonyl (C=O) groups is 3. The number of urea groups is 1. The number of aliphatic imine (C=N–C) groups is 1. The number of benzene rings is 2. The van der Waals surface area contributed by atoms with E-state index in [1.807, 2.05) is 43.3 Å². The molecule has 0 radical (unpaired) electrons. The quantitative estimate of drug-likeness (QED) is 0.668. The summed E-state index contributed by atoms with van der Waals surface area (Å²) in [5, 5.41) is 2.28. The zero-order valence-electron chi connectivity index (χ0n) is 15.5. The van der Waals surface area contributed by atoms with Crippen LogP contribution in [-0.4, -0.2) is 23.6 Å². The van der Waals surface area contributed by atoms with E-state index >= 15 is 0 Å². The van der Waals surface area contributed by atoms with Gasteiger partial charge in [0.15, 0.2) is 5.92 Å². The molecule has 0 unspecified atom stereocenters. The molecule has 0 aromatic heterocycles. The Kier molecular flexibility index (Phi) is 5.16. The van der Waals surface area contributed by atoms with Gasteiger partial charge in [0, 0.05) is 5.71 Å². The summed E-state index contributed by atoms with van der Waals surface area (Å²) in [6.45, 7) is 5.35. The van der Waals surface area contributed by atoms with Gasteiger partial charge in [-0.25, -0.2) is 9.69 Å². The van der Waals surface area contributed by atoms with Crippen molar-refractivity contribution in [3.8, 4) is 0 Å². The number of imide groups is 2. The molecule has 1 saturated heterocycles. The molecule has 1 heterocycles. The van der Waals surface area contributed by atoms with Crippen molar-refractivity contribution in [1.29, 1.82) is 0 Å². The van der Waals surface area contributed by atoms with Gasteiger partial charge in [0.05, 0.1) is 11.7 Å². The first-order valence-electron chi connectivity index (χ1n) is 8.74. The van der Waals surface area contributed by atoms with Crippen molar-refractivity contribution in [3.63, 3.8) is 0 Å². The van der Waals surface area contributed by atoms with Crippen LogP contribution in [0.2, 0.25) is 0 Å². The van der Waals surface area contributed by atoms with Gasteiger partial charge in [-0.3, -0.25) is 19.9 Å². The Hall–Kier alpha value is -3.28. The lowest BCUT2D eigenvalue weighted by atomic mass is 9.98. The third kappa shape index (κ3) is 3.65. The molecule has 1 aliphatic rings. The van der Waals surface area contributed by atoms with E-state index in [1.54, 1.807) is 32.0 Å². The number of rotatable bonds is 4. The Morgan fingerprint density at radius 3 is 2.33 bits per heavy atom. The second-order valence-electron chi connectivity index (χ2n) is 6.54. The largest absolute Gasteiger partial charge is 0.335 e. The fourth-order valence-corrected chi connectivity index (χ4v) is 3.17. The molecule has 3 rings (SSSR count). The number of aryl methyl sites for hydroxylation is 1. The predicted octanol–water partition coefficient (Wildman–Crippen LogP) is 3.42. The number of carbonyl (C=O) groups excluding carboxylic acids is 3. The Labute approximate surface area is 157 Å². The minimum atomic E-state index is -1.13. The molecule has 4 amide bonds. The van der Waals surface area contributed by atoms with Crippen LogP contribution in [0.5, 0.6) is 0 Å². The molecule has 2 atom stereocenters. The van der Waals surface area contributed by atoms with Crippen molar-refractivity contribution < 1.29 is 14.4 Å². The number of hydrogen-bond acceptors (Lipinski definition) is 4. The van der Waals surface area contributed by atoms with E-state index < -0.39 is 23.8 Å². The smallest absolute Gasteiger partial charge is 0.285 e. The molecule has 6 heteroatoms. The Morgan fingerprint density at radius 2 is 1.67 bits per heavy atom. The highest BCUT2D eigenvalue weighted by atomic mass is 16.2. The van der Waals surface area contributed by atoms with Gasteiger partial charge in [0.1, 0.15) is 0 Å². The van der Waals surface area contributed by atoms with Crippen molar-refractivity contribution >= 4 is 29.2 Å². The molecule has 1 N–H and O–H groups in total. The van der Waals surface area contributed by atoms with E-state index in [4.69, 9.17) is 0 Å². The Balaban J connectivity index is 1.93. The molecule has 0 aliphatic carbocycles. The Morgan fingerprint density at radius 1 is 1.04 bits per heavy atom. The minimum absolute atomic E-state index is 0.212. The average molecular weight is 363 g/mol. The van der Waals surface area contributed by atoms with Crippen LogP contribution in [0.4, 0.5) is 10.5 Å². The van der Waals surface area contributed by atoms with Crippen LogP contribution < -0.4 is 10.2 Å². The van der Waals surface area contributed by atoms with E-state index in [1.165, 1.54) is 0 Å². The van der Waals surface area contributed by atoms with E-state index in [0.717, 1.165) is 16.0 Å². The summed E-state index contributed by atoms with van der Waals surface area (Å²) in [7, 11) is 0. The first-order valence-corrected chi connectivity index (χ1v) is 8.74. The van der Waals surface area contributed by atoms with Crippen molar-refractivity contribution in [1.82, 2.24) is 5.32 Å². The molecule has 2 aromatic carbocycles. The van der Waals surface area contributed by atoms with Gasteiger partial charge in [-0.2, -0.15) is 0 Å². The fourth-order valence-electron chi connectivity index (χ4n) is 3.17. The third-order valence-corrected chi connectivity index (χ3v) is 4.62. The first-order chi connectivity index (χ1) is 12.9. The number of anilines is 1. The molecule has 0 saturated carbocycles. The lowest BCUT2D eigenvalue weighted by Crippen LogP contribution is -2.60. The zero-order chi connectivity index (χ0) is 19.6. The van der Waals surface area contributed by atoms with E-state index in [-0.39, 0.29) is 6.04 Å². The van der Waals surface area contributed by atoms with Crippen LogP contribution in [0, 0.1) is 12.8 Å². The number of para-hydroxylation sites is 1. The Bertz CT molecular complexity index is 921. The standard InChI is InChI=1S/C21H21N3O3/c1-13-9-7-8-12-17(13)24-20(26)18(19(25)23-21(24)27)15(3)22-14(2)16-10-5-4-6-11-16/h4-12,14,18H,1-3H3,(H,23,25,27)/t14-,18+/m0/s1. The number of barbiturate groups is 1. The van der Waals surface area contributed by atoms with Crippen molar-refractivity contribution in [2.24, 2.45) is 10.9 Å². The molecule has 6 nitrogen and oxygen atoms in total. The van der Waals surface area contributed by atoms with Crippen LogP contribution in [0.3, 0.4) is 0 Å². The average Bonchev–Trinajstić information content (AvgIpc) is 2.63. The van der Waals surface area contributed by atoms with Crippen molar-refractivity contribution in [2.45, 2.75) is 26.8 Å². The molecular weight excluding hydrogens is 342 g/mol. The highest BCUT2D eigenvalue weighted by Crippen LogP contribution is 2.26. The summed E-state index contributed by atoms with van der Waals surface area (Å²) in [4.78, 5) is 43.3. The summed E-state index contributed by atoms with van der Waals surface area (Å²) in [5.41, 5.74) is 2.58. The maximum absolute atomic E-state index is 13.0. The third-order valence-electron chi connectivity index (χ3n) is 4.62. The van der Waals surface area contributed by atoms with Gasteiger partial charge in [0.2, 0.25) is 5.91 Å². The molecule has 2 aromatic rings.